The van der Waals surface area contributed by atoms with Gasteiger partial charge in [0.1, 0.15) is 34.6 Å². The van der Waals surface area contributed by atoms with E-state index in [1.807, 2.05) is 24.3 Å². The number of benzene rings is 5. The summed E-state index contributed by atoms with van der Waals surface area (Å²) in [4.78, 5) is 30.0. The smallest absolute Gasteiger partial charge is 0.196 e. The van der Waals surface area contributed by atoms with E-state index < -0.39 is 34.7 Å². The number of hydrogen-bond donors (Lipinski definition) is 5. The van der Waals surface area contributed by atoms with Crippen molar-refractivity contribution in [3.05, 3.63) is 152 Å². The minimum Gasteiger partial charge on any atom is -0.507 e. The van der Waals surface area contributed by atoms with Gasteiger partial charge in [-0.25, -0.2) is 8.78 Å². The lowest BCUT2D eigenvalue weighted by Crippen LogP contribution is -2.07. The van der Waals surface area contributed by atoms with Crippen LogP contribution in [0.3, 0.4) is 0 Å². The van der Waals surface area contributed by atoms with Crippen LogP contribution in [0.4, 0.5) is 8.78 Å². The lowest BCUT2D eigenvalue weighted by molar-refractivity contribution is 0.102. The zero-order valence-corrected chi connectivity index (χ0v) is 25.4. The molecule has 0 atom stereocenters. The van der Waals surface area contributed by atoms with E-state index in [1.165, 1.54) is 36.4 Å². The van der Waals surface area contributed by atoms with Gasteiger partial charge in [0.15, 0.2) is 11.6 Å². The summed E-state index contributed by atoms with van der Waals surface area (Å²) in [5.41, 5.74) is 2.78. The predicted octanol–water partition coefficient (Wildman–Crippen LogP) is 7.53. The van der Waals surface area contributed by atoms with Crippen LogP contribution in [0, 0.1) is 25.5 Å². The molecule has 9 heteroatoms. The monoisotopic (exact) mass is 633 g/mol. The number of phenols is 4. The van der Waals surface area contributed by atoms with Crippen LogP contribution < -0.4 is 0 Å². The Morgan fingerprint density at radius 3 is 1.53 bits per heavy atom. The number of aryl methyl sites for hydroxylation is 2. The number of aromatic hydroxyl groups is 4. The van der Waals surface area contributed by atoms with Gasteiger partial charge in [0.05, 0.1) is 11.1 Å². The van der Waals surface area contributed by atoms with Gasteiger partial charge in [-0.2, -0.15) is 0 Å². The van der Waals surface area contributed by atoms with Crippen molar-refractivity contribution in [3.63, 3.8) is 0 Å². The number of nitrogens with one attached hydrogen (secondary N) is 1. The fourth-order valence-corrected chi connectivity index (χ4v) is 5.89. The molecule has 0 amide bonds. The van der Waals surface area contributed by atoms with E-state index in [0.717, 1.165) is 29.7 Å². The molecule has 6 rings (SSSR count). The van der Waals surface area contributed by atoms with E-state index in [-0.39, 0.29) is 57.7 Å². The predicted molar refractivity (Wildman–Crippen MR) is 173 cm³/mol. The molecule has 0 spiro atoms. The fraction of sp³-hybridized carbons (Fsp3) is 0.105. The number of phenolic OH excluding ortho intramolecular Hbond substituents is 4. The van der Waals surface area contributed by atoms with Crippen LogP contribution in [0.15, 0.2) is 84.9 Å². The van der Waals surface area contributed by atoms with Gasteiger partial charge < -0.3 is 25.4 Å². The molecule has 0 bridgehead atoms. The van der Waals surface area contributed by atoms with Crippen molar-refractivity contribution in [1.29, 1.82) is 0 Å². The number of para-hydroxylation sites is 1. The molecule has 5 aromatic carbocycles. The maximum absolute atomic E-state index is 13.5. The summed E-state index contributed by atoms with van der Waals surface area (Å²) in [6, 6.07) is 19.8. The first kappa shape index (κ1) is 31.0. The van der Waals surface area contributed by atoms with Crippen LogP contribution in [0.1, 0.15) is 65.4 Å². The second-order valence-corrected chi connectivity index (χ2v) is 11.5. The van der Waals surface area contributed by atoms with Crippen molar-refractivity contribution in [3.8, 4) is 23.0 Å². The molecule has 7 nitrogen and oxygen atoms in total. The van der Waals surface area contributed by atoms with Crippen LogP contribution in [0.5, 0.6) is 23.0 Å². The topological polar surface area (TPSA) is 131 Å². The minimum atomic E-state index is -0.559. The molecule has 0 aliphatic heterocycles. The number of ketones is 2. The highest BCUT2D eigenvalue weighted by atomic mass is 19.1. The molecule has 0 unspecified atom stereocenters. The Hall–Kier alpha value is -5.96. The molecule has 5 N–H and O–H groups in total. The molecule has 1 aromatic heterocycles. The number of carbonyl (C=O) groups is 2. The second kappa shape index (κ2) is 12.1. The van der Waals surface area contributed by atoms with Crippen molar-refractivity contribution in [1.82, 2.24) is 4.98 Å². The highest BCUT2D eigenvalue weighted by Gasteiger charge is 2.26. The number of carbonyl (C=O) groups excluding carboxylic acids is 2. The largest absolute Gasteiger partial charge is 0.507 e. The Bertz CT molecular complexity index is 2200. The van der Waals surface area contributed by atoms with Crippen molar-refractivity contribution in [2.75, 3.05) is 0 Å². The fourth-order valence-electron chi connectivity index (χ4n) is 5.89. The third kappa shape index (κ3) is 5.68. The Balaban J connectivity index is 1.45. The highest BCUT2D eigenvalue weighted by Crippen LogP contribution is 2.41. The van der Waals surface area contributed by atoms with Crippen molar-refractivity contribution < 1.29 is 38.8 Å². The normalized spacial score (nSPS) is 11.2. The summed E-state index contributed by atoms with van der Waals surface area (Å²) in [5.74, 6) is -3.47. The molecular weight excluding hydrogens is 604 g/mol. The number of aromatic amines is 1. The van der Waals surface area contributed by atoms with E-state index in [4.69, 9.17) is 0 Å². The van der Waals surface area contributed by atoms with Gasteiger partial charge in [-0.15, -0.1) is 0 Å². The summed E-state index contributed by atoms with van der Waals surface area (Å²) < 4.78 is 27.0. The van der Waals surface area contributed by atoms with E-state index in [0.29, 0.717) is 27.9 Å². The standard InChI is InChI=1S/C38H29F2NO6/c1-19-15-27(35(44)21-7-11-23(39)12-8-21)37(46)29(33(19)42)17-26-25-5-3-4-6-31(25)41-32(26)18-30-34(43)20(2)16-28(38(30)47)36(45)22-9-13-24(40)14-10-22/h3-16,41-43,46-47H,17-18H2,1-2H3. The summed E-state index contributed by atoms with van der Waals surface area (Å²) >= 11 is 0. The van der Waals surface area contributed by atoms with Gasteiger partial charge in [0, 0.05) is 51.7 Å². The highest BCUT2D eigenvalue weighted by molar-refractivity contribution is 6.12. The quantitative estimate of drug-likeness (QED) is 0.110. The first-order chi connectivity index (χ1) is 22.4. The summed E-state index contributed by atoms with van der Waals surface area (Å²) in [5, 5.41) is 45.6. The van der Waals surface area contributed by atoms with Crippen molar-refractivity contribution >= 4 is 22.5 Å². The van der Waals surface area contributed by atoms with Crippen LogP contribution in [0.2, 0.25) is 0 Å². The zero-order valence-electron chi connectivity index (χ0n) is 25.4. The molecule has 0 aliphatic carbocycles. The minimum absolute atomic E-state index is 0.0584. The molecular formula is C38H29F2NO6. The maximum atomic E-state index is 13.5. The summed E-state index contributed by atoms with van der Waals surface area (Å²) in [7, 11) is 0. The van der Waals surface area contributed by atoms with Crippen molar-refractivity contribution in [2.45, 2.75) is 26.7 Å². The summed E-state index contributed by atoms with van der Waals surface area (Å²) in [6.07, 6.45) is -0.140. The van der Waals surface area contributed by atoms with Gasteiger partial charge in [-0.3, -0.25) is 9.59 Å². The molecule has 6 aromatic rings. The van der Waals surface area contributed by atoms with E-state index in [2.05, 4.69) is 4.98 Å². The SMILES string of the molecule is Cc1cc(C(=O)c2ccc(F)cc2)c(O)c(Cc2[nH]c3ccccc3c2Cc2c(O)c(C)cc(C(=O)c3ccc(F)cc3)c2O)c1O. The first-order valence-electron chi connectivity index (χ1n) is 14.7. The number of hydrogen-bond acceptors (Lipinski definition) is 6. The second-order valence-electron chi connectivity index (χ2n) is 11.5. The lowest BCUT2D eigenvalue weighted by Gasteiger charge is -2.16. The Kier molecular flexibility index (Phi) is 7.99. The van der Waals surface area contributed by atoms with Crippen LogP contribution in [0.25, 0.3) is 10.9 Å². The van der Waals surface area contributed by atoms with Gasteiger partial charge in [0.2, 0.25) is 0 Å². The van der Waals surface area contributed by atoms with E-state index in [1.54, 1.807) is 13.8 Å². The Labute approximate surface area is 268 Å². The van der Waals surface area contributed by atoms with Gasteiger partial charge >= 0.3 is 0 Å². The average Bonchev–Trinajstić information content (AvgIpc) is 3.41. The molecule has 236 valence electrons. The molecule has 0 saturated heterocycles. The average molecular weight is 634 g/mol. The maximum Gasteiger partial charge on any atom is 0.196 e. The van der Waals surface area contributed by atoms with Crippen LogP contribution >= 0.6 is 0 Å². The van der Waals surface area contributed by atoms with E-state index >= 15 is 0 Å². The van der Waals surface area contributed by atoms with Gasteiger partial charge in [-0.1, -0.05) is 18.2 Å². The number of rotatable bonds is 8. The van der Waals surface area contributed by atoms with Gasteiger partial charge in [-0.05, 0) is 97.3 Å². The number of H-pyrrole nitrogens is 1. The van der Waals surface area contributed by atoms with E-state index in [9.17, 15) is 38.8 Å². The Morgan fingerprint density at radius 1 is 0.596 bits per heavy atom. The summed E-state index contributed by atoms with van der Waals surface area (Å²) in [6.45, 7) is 3.19. The molecule has 1 heterocycles. The molecule has 0 radical (unpaired) electrons. The molecule has 0 saturated carbocycles. The first-order valence-corrected chi connectivity index (χ1v) is 14.7. The molecule has 47 heavy (non-hydrogen) atoms. The van der Waals surface area contributed by atoms with Crippen LogP contribution in [-0.2, 0) is 12.8 Å². The third-order valence-corrected chi connectivity index (χ3v) is 8.43. The Morgan fingerprint density at radius 2 is 1.04 bits per heavy atom. The number of halogens is 2. The molecule has 0 fully saturated rings. The zero-order chi connectivity index (χ0) is 33.6. The molecule has 0 aliphatic rings. The van der Waals surface area contributed by atoms with Gasteiger partial charge in [0.25, 0.3) is 0 Å². The third-order valence-electron chi connectivity index (χ3n) is 8.43. The van der Waals surface area contributed by atoms with Crippen LogP contribution in [-0.4, -0.2) is 37.0 Å². The number of aromatic nitrogens is 1. The van der Waals surface area contributed by atoms with Crippen molar-refractivity contribution in [2.24, 2.45) is 0 Å². The number of fused-ring (bicyclic) bond motifs is 1. The lowest BCUT2D eigenvalue weighted by atomic mass is 9.90.